The highest BCUT2D eigenvalue weighted by Gasteiger charge is 2.26. The zero-order valence-corrected chi connectivity index (χ0v) is 14.1. The molecule has 0 spiro atoms. The van der Waals surface area contributed by atoms with E-state index >= 15 is 0 Å². The van der Waals surface area contributed by atoms with Crippen LogP contribution in [0.15, 0.2) is 22.6 Å². The van der Waals surface area contributed by atoms with Crippen LogP contribution in [0.25, 0.3) is 6.08 Å². The number of aromatic nitrogens is 3. The van der Waals surface area contributed by atoms with Gasteiger partial charge in [0.25, 0.3) is 0 Å². The maximum absolute atomic E-state index is 12.4. The van der Waals surface area contributed by atoms with Crippen molar-refractivity contribution in [3.63, 3.8) is 0 Å². The minimum atomic E-state index is 0.000499. The SMILES string of the molecule is Cc1ccc(/C=C/C(=O)N2CCC[C@H](c3n[nH]c(=S)n3C)C2)o1. The molecule has 1 aliphatic rings. The summed E-state index contributed by atoms with van der Waals surface area (Å²) < 4.78 is 7.94. The number of nitrogens with one attached hydrogen (secondary N) is 1. The van der Waals surface area contributed by atoms with Crippen LogP contribution in [0.3, 0.4) is 0 Å². The zero-order valence-electron chi connectivity index (χ0n) is 13.3. The van der Waals surface area contributed by atoms with Gasteiger partial charge < -0.3 is 13.9 Å². The number of nitrogens with zero attached hydrogens (tertiary/aromatic N) is 3. The minimum Gasteiger partial charge on any atom is -0.462 e. The number of rotatable bonds is 3. The van der Waals surface area contributed by atoms with Gasteiger partial charge in [-0.1, -0.05) is 0 Å². The molecule has 1 amide bonds. The smallest absolute Gasteiger partial charge is 0.246 e. The fourth-order valence-electron chi connectivity index (χ4n) is 2.91. The highest BCUT2D eigenvalue weighted by atomic mass is 32.1. The zero-order chi connectivity index (χ0) is 16.4. The molecule has 0 unspecified atom stereocenters. The maximum atomic E-state index is 12.4. The molecule has 0 aromatic carbocycles. The molecule has 3 rings (SSSR count). The lowest BCUT2D eigenvalue weighted by atomic mass is 9.97. The molecule has 1 N–H and O–H groups in total. The first-order valence-corrected chi connectivity index (χ1v) is 8.10. The van der Waals surface area contributed by atoms with E-state index in [1.165, 1.54) is 0 Å². The summed E-state index contributed by atoms with van der Waals surface area (Å²) in [6.07, 6.45) is 5.26. The number of hydrogen-bond donors (Lipinski definition) is 1. The van der Waals surface area contributed by atoms with Crippen molar-refractivity contribution in [3.8, 4) is 0 Å². The van der Waals surface area contributed by atoms with Crippen molar-refractivity contribution < 1.29 is 9.21 Å². The third-order valence-electron chi connectivity index (χ3n) is 4.16. The highest BCUT2D eigenvalue weighted by Crippen LogP contribution is 2.25. The molecule has 0 radical (unpaired) electrons. The summed E-state index contributed by atoms with van der Waals surface area (Å²) in [4.78, 5) is 14.2. The second-order valence-corrected chi connectivity index (χ2v) is 6.24. The Hall–Kier alpha value is -2.15. The van der Waals surface area contributed by atoms with Gasteiger partial charge >= 0.3 is 0 Å². The Kier molecular flexibility index (Phi) is 4.47. The molecule has 0 aliphatic carbocycles. The molecule has 2 aromatic rings. The van der Waals surface area contributed by atoms with Crippen LogP contribution in [-0.4, -0.2) is 38.7 Å². The molecule has 0 saturated carbocycles. The largest absolute Gasteiger partial charge is 0.462 e. The third kappa shape index (κ3) is 3.44. The van der Waals surface area contributed by atoms with Gasteiger partial charge in [0.05, 0.1) is 0 Å². The lowest BCUT2D eigenvalue weighted by Crippen LogP contribution is -2.38. The second kappa shape index (κ2) is 6.54. The van der Waals surface area contributed by atoms with E-state index in [2.05, 4.69) is 10.2 Å². The number of carbonyl (C=O) groups excluding carboxylic acids is 1. The van der Waals surface area contributed by atoms with Crippen molar-refractivity contribution in [2.24, 2.45) is 7.05 Å². The number of hydrogen-bond acceptors (Lipinski definition) is 4. The van der Waals surface area contributed by atoms with Crippen molar-refractivity contribution in [3.05, 3.63) is 40.3 Å². The van der Waals surface area contributed by atoms with Crippen molar-refractivity contribution >= 4 is 24.2 Å². The van der Waals surface area contributed by atoms with E-state index in [0.29, 0.717) is 17.1 Å². The maximum Gasteiger partial charge on any atom is 0.246 e. The standard InChI is InChI=1S/C16H20N4O2S/c1-11-5-6-13(22-11)7-8-14(21)20-9-3-4-12(10-20)15-17-18-16(23)19(15)2/h5-8,12H,3-4,9-10H2,1-2H3,(H,18,23)/b8-7+/t12-/m0/s1. The summed E-state index contributed by atoms with van der Waals surface area (Å²) in [5.74, 6) is 2.66. The number of carbonyl (C=O) groups is 1. The van der Waals surface area contributed by atoms with Crippen molar-refractivity contribution in [1.29, 1.82) is 0 Å². The number of H-pyrrole nitrogens is 1. The summed E-state index contributed by atoms with van der Waals surface area (Å²) in [6.45, 7) is 3.31. The van der Waals surface area contributed by atoms with E-state index in [-0.39, 0.29) is 11.8 Å². The molecule has 0 bridgehead atoms. The Morgan fingerprint density at radius 3 is 3.00 bits per heavy atom. The van der Waals surface area contributed by atoms with Crippen LogP contribution in [0.2, 0.25) is 0 Å². The first-order valence-electron chi connectivity index (χ1n) is 7.69. The van der Waals surface area contributed by atoms with Crippen molar-refractivity contribution in [1.82, 2.24) is 19.7 Å². The summed E-state index contributed by atoms with van der Waals surface area (Å²) in [6, 6.07) is 3.73. The van der Waals surface area contributed by atoms with E-state index in [1.54, 1.807) is 12.2 Å². The summed E-state index contributed by atoms with van der Waals surface area (Å²) in [5.41, 5.74) is 0. The number of aromatic amines is 1. The molecule has 6 nitrogen and oxygen atoms in total. The van der Waals surface area contributed by atoms with Gasteiger partial charge in [0.2, 0.25) is 5.91 Å². The van der Waals surface area contributed by atoms with Gasteiger partial charge in [0.15, 0.2) is 4.77 Å². The second-order valence-electron chi connectivity index (χ2n) is 5.85. The van der Waals surface area contributed by atoms with Crippen LogP contribution in [0.5, 0.6) is 0 Å². The topological polar surface area (TPSA) is 67.1 Å². The molecule has 1 fully saturated rings. The van der Waals surface area contributed by atoms with E-state index in [0.717, 1.165) is 31.0 Å². The molecular weight excluding hydrogens is 312 g/mol. The van der Waals surface area contributed by atoms with Gasteiger partial charge in [-0.3, -0.25) is 9.89 Å². The fourth-order valence-corrected chi connectivity index (χ4v) is 3.05. The number of aryl methyl sites for hydroxylation is 1. The van der Waals surface area contributed by atoms with Crippen LogP contribution in [0.1, 0.15) is 36.1 Å². The van der Waals surface area contributed by atoms with Crippen LogP contribution >= 0.6 is 12.2 Å². The number of likely N-dealkylation sites (tertiary alicyclic amines) is 1. The number of furan rings is 1. The molecule has 2 aromatic heterocycles. The molecule has 1 saturated heterocycles. The fraction of sp³-hybridized carbons (Fsp3) is 0.438. The lowest BCUT2D eigenvalue weighted by Gasteiger charge is -2.31. The van der Waals surface area contributed by atoms with Gasteiger partial charge in [0, 0.05) is 32.1 Å². The first kappa shape index (κ1) is 15.7. The van der Waals surface area contributed by atoms with Crippen LogP contribution < -0.4 is 0 Å². The first-order chi connectivity index (χ1) is 11.0. The summed E-state index contributed by atoms with van der Waals surface area (Å²) >= 11 is 5.16. The van der Waals surface area contributed by atoms with E-state index in [9.17, 15) is 4.79 Å². The average molecular weight is 332 g/mol. The van der Waals surface area contributed by atoms with Crippen LogP contribution in [-0.2, 0) is 11.8 Å². The minimum absolute atomic E-state index is 0.000499. The normalized spacial score (nSPS) is 18.7. The van der Waals surface area contributed by atoms with E-state index < -0.39 is 0 Å². The predicted molar refractivity (Wildman–Crippen MR) is 89.4 cm³/mol. The van der Waals surface area contributed by atoms with Crippen molar-refractivity contribution in [2.45, 2.75) is 25.7 Å². The van der Waals surface area contributed by atoms with E-state index in [1.807, 2.05) is 35.6 Å². The third-order valence-corrected chi connectivity index (χ3v) is 4.53. The molecule has 7 heteroatoms. The average Bonchev–Trinajstić information content (AvgIpc) is 3.12. The molecule has 1 atom stereocenters. The summed E-state index contributed by atoms with van der Waals surface area (Å²) in [7, 11) is 1.90. The highest BCUT2D eigenvalue weighted by molar-refractivity contribution is 7.71. The molecular formula is C16H20N4O2S. The quantitative estimate of drug-likeness (QED) is 0.693. The number of piperidine rings is 1. The molecule has 3 heterocycles. The molecule has 23 heavy (non-hydrogen) atoms. The monoisotopic (exact) mass is 332 g/mol. The lowest BCUT2D eigenvalue weighted by molar-refractivity contribution is -0.127. The number of amides is 1. The van der Waals surface area contributed by atoms with Gasteiger partial charge in [-0.2, -0.15) is 5.10 Å². The predicted octanol–water partition coefficient (Wildman–Crippen LogP) is 2.80. The Labute approximate surface area is 139 Å². The summed E-state index contributed by atoms with van der Waals surface area (Å²) in [5, 5.41) is 7.12. The Morgan fingerprint density at radius 2 is 2.35 bits per heavy atom. The van der Waals surface area contributed by atoms with Crippen molar-refractivity contribution in [2.75, 3.05) is 13.1 Å². The molecule has 122 valence electrons. The van der Waals surface area contributed by atoms with Gasteiger partial charge in [-0.15, -0.1) is 0 Å². The van der Waals surface area contributed by atoms with Gasteiger partial charge in [-0.05, 0) is 50.2 Å². The van der Waals surface area contributed by atoms with Gasteiger partial charge in [-0.25, -0.2) is 0 Å². The Morgan fingerprint density at radius 1 is 1.52 bits per heavy atom. The van der Waals surface area contributed by atoms with E-state index in [4.69, 9.17) is 16.6 Å². The van der Waals surface area contributed by atoms with Gasteiger partial charge in [0.1, 0.15) is 17.3 Å². The molecule has 1 aliphatic heterocycles. The van der Waals surface area contributed by atoms with Crippen LogP contribution in [0.4, 0.5) is 0 Å². The Balaban J connectivity index is 1.68. The Bertz CT molecular complexity index is 786. The van der Waals surface area contributed by atoms with Crippen LogP contribution in [0, 0.1) is 11.7 Å².